The highest BCUT2D eigenvalue weighted by Gasteiger charge is 2.11. The van der Waals surface area contributed by atoms with Gasteiger partial charge in [0.2, 0.25) is 0 Å². The molecule has 2 aromatic carbocycles. The zero-order valence-corrected chi connectivity index (χ0v) is 13.0. The summed E-state index contributed by atoms with van der Waals surface area (Å²) in [4.78, 5) is 2.08. The van der Waals surface area contributed by atoms with Gasteiger partial charge < -0.3 is 15.4 Å². The molecule has 2 N–H and O–H groups in total. The molecule has 0 saturated heterocycles. The fourth-order valence-electron chi connectivity index (χ4n) is 2.34. The van der Waals surface area contributed by atoms with Gasteiger partial charge in [0.1, 0.15) is 5.75 Å². The molecule has 0 spiro atoms. The van der Waals surface area contributed by atoms with Crippen molar-refractivity contribution in [1.29, 1.82) is 0 Å². The third kappa shape index (κ3) is 3.99. The average molecular weight is 284 g/mol. The minimum absolute atomic E-state index is 0.0252. The molecule has 21 heavy (non-hydrogen) atoms. The van der Waals surface area contributed by atoms with Gasteiger partial charge in [-0.25, -0.2) is 0 Å². The van der Waals surface area contributed by atoms with E-state index < -0.39 is 0 Å². The molecular weight excluding hydrogens is 260 g/mol. The number of hydrogen-bond donors (Lipinski definition) is 1. The summed E-state index contributed by atoms with van der Waals surface area (Å²) in [5, 5.41) is 0. The van der Waals surface area contributed by atoms with Gasteiger partial charge in [-0.2, -0.15) is 0 Å². The Morgan fingerprint density at radius 1 is 1.05 bits per heavy atom. The number of hydrogen-bond acceptors (Lipinski definition) is 3. The van der Waals surface area contributed by atoms with Gasteiger partial charge in [-0.05, 0) is 42.7 Å². The summed E-state index contributed by atoms with van der Waals surface area (Å²) in [6.07, 6.45) is 0.775. The van der Waals surface area contributed by atoms with Gasteiger partial charge in [0.05, 0.1) is 6.61 Å². The van der Waals surface area contributed by atoms with Gasteiger partial charge >= 0.3 is 0 Å². The van der Waals surface area contributed by atoms with Crippen LogP contribution in [0.2, 0.25) is 0 Å². The van der Waals surface area contributed by atoms with Crippen molar-refractivity contribution in [2.75, 3.05) is 25.6 Å². The van der Waals surface area contributed by atoms with Crippen molar-refractivity contribution in [2.45, 2.75) is 19.4 Å². The quantitative estimate of drug-likeness (QED) is 0.883. The van der Waals surface area contributed by atoms with Gasteiger partial charge in [-0.15, -0.1) is 0 Å². The van der Waals surface area contributed by atoms with Crippen LogP contribution in [0, 0.1) is 0 Å². The summed E-state index contributed by atoms with van der Waals surface area (Å²) in [7, 11) is 4.07. The molecule has 3 nitrogen and oxygen atoms in total. The van der Waals surface area contributed by atoms with Crippen molar-refractivity contribution in [1.82, 2.24) is 0 Å². The first kappa shape index (κ1) is 15.4. The average Bonchev–Trinajstić information content (AvgIpc) is 2.49. The first-order valence-electron chi connectivity index (χ1n) is 7.35. The maximum absolute atomic E-state index is 6.35. The molecule has 1 atom stereocenters. The summed E-state index contributed by atoms with van der Waals surface area (Å²) in [6, 6.07) is 16.5. The molecule has 0 amide bonds. The third-order valence-corrected chi connectivity index (χ3v) is 3.55. The van der Waals surface area contributed by atoms with E-state index in [2.05, 4.69) is 35.2 Å². The largest absolute Gasteiger partial charge is 0.494 e. The summed E-state index contributed by atoms with van der Waals surface area (Å²) < 4.78 is 5.66. The van der Waals surface area contributed by atoms with E-state index in [1.165, 1.54) is 5.69 Å². The van der Waals surface area contributed by atoms with Gasteiger partial charge in [-0.3, -0.25) is 0 Å². The van der Waals surface area contributed by atoms with E-state index >= 15 is 0 Å². The summed E-state index contributed by atoms with van der Waals surface area (Å²) in [5.74, 6) is 0.931. The van der Waals surface area contributed by atoms with Crippen molar-refractivity contribution < 1.29 is 4.74 Å². The molecule has 0 aliphatic rings. The molecule has 1 unspecified atom stereocenters. The maximum atomic E-state index is 6.35. The Labute approximate surface area is 127 Å². The summed E-state index contributed by atoms with van der Waals surface area (Å²) in [6.45, 7) is 2.67. The number of anilines is 1. The maximum Gasteiger partial charge on any atom is 0.122 e. The fourth-order valence-corrected chi connectivity index (χ4v) is 2.34. The standard InChI is InChI=1S/C18H24N2O/c1-4-21-18-8-6-5-7-15(18)13-17(19)14-9-11-16(12-10-14)20(2)3/h5-12,17H,4,13,19H2,1-3H3. The number of nitrogens with zero attached hydrogens (tertiary/aromatic N) is 1. The Hall–Kier alpha value is -2.00. The Balaban J connectivity index is 2.12. The van der Waals surface area contributed by atoms with Crippen LogP contribution in [-0.4, -0.2) is 20.7 Å². The van der Waals surface area contributed by atoms with Gasteiger partial charge in [0, 0.05) is 25.8 Å². The van der Waals surface area contributed by atoms with E-state index in [-0.39, 0.29) is 6.04 Å². The van der Waals surface area contributed by atoms with Gasteiger partial charge in [-0.1, -0.05) is 30.3 Å². The van der Waals surface area contributed by atoms with Gasteiger partial charge in [0.15, 0.2) is 0 Å². The number of benzene rings is 2. The molecule has 0 aliphatic carbocycles. The molecule has 3 heteroatoms. The lowest BCUT2D eigenvalue weighted by atomic mass is 9.99. The summed E-state index contributed by atoms with van der Waals surface area (Å²) >= 11 is 0. The monoisotopic (exact) mass is 284 g/mol. The Morgan fingerprint density at radius 2 is 1.71 bits per heavy atom. The Bertz CT molecular complexity index is 564. The molecule has 0 aromatic heterocycles. The molecule has 0 saturated carbocycles. The van der Waals surface area contributed by atoms with Crippen LogP contribution >= 0.6 is 0 Å². The lowest BCUT2D eigenvalue weighted by Gasteiger charge is -2.17. The van der Waals surface area contributed by atoms with Crippen molar-refractivity contribution in [3.05, 3.63) is 59.7 Å². The SMILES string of the molecule is CCOc1ccccc1CC(N)c1ccc(N(C)C)cc1. The second-order valence-corrected chi connectivity index (χ2v) is 5.34. The highest BCUT2D eigenvalue weighted by Crippen LogP contribution is 2.25. The lowest BCUT2D eigenvalue weighted by molar-refractivity contribution is 0.335. The van der Waals surface area contributed by atoms with E-state index in [1.807, 2.05) is 39.2 Å². The molecule has 0 fully saturated rings. The number of ether oxygens (including phenoxy) is 1. The van der Waals surface area contributed by atoms with E-state index in [0.29, 0.717) is 6.61 Å². The smallest absolute Gasteiger partial charge is 0.122 e. The van der Waals surface area contributed by atoms with Crippen LogP contribution in [0.25, 0.3) is 0 Å². The van der Waals surface area contributed by atoms with Crippen molar-refractivity contribution in [3.63, 3.8) is 0 Å². The zero-order valence-electron chi connectivity index (χ0n) is 13.0. The van der Waals surface area contributed by atoms with E-state index in [4.69, 9.17) is 10.5 Å². The molecule has 2 aromatic rings. The van der Waals surface area contributed by atoms with E-state index in [9.17, 15) is 0 Å². The Kier molecular flexibility index (Phi) is 5.23. The molecule has 2 rings (SSSR count). The Morgan fingerprint density at radius 3 is 2.33 bits per heavy atom. The summed E-state index contributed by atoms with van der Waals surface area (Å²) in [5.41, 5.74) is 9.83. The van der Waals surface area contributed by atoms with Crippen LogP contribution in [0.5, 0.6) is 5.75 Å². The first-order valence-corrected chi connectivity index (χ1v) is 7.35. The first-order chi connectivity index (χ1) is 10.1. The predicted octanol–water partition coefficient (Wildman–Crippen LogP) is 3.39. The lowest BCUT2D eigenvalue weighted by Crippen LogP contribution is -2.15. The molecule has 0 radical (unpaired) electrons. The van der Waals surface area contributed by atoms with Crippen LogP contribution in [0.1, 0.15) is 24.1 Å². The van der Waals surface area contributed by atoms with Crippen LogP contribution in [0.15, 0.2) is 48.5 Å². The highest BCUT2D eigenvalue weighted by atomic mass is 16.5. The highest BCUT2D eigenvalue weighted by molar-refractivity contribution is 5.46. The second kappa shape index (κ2) is 7.14. The minimum Gasteiger partial charge on any atom is -0.494 e. The van der Waals surface area contributed by atoms with Crippen molar-refractivity contribution >= 4 is 5.69 Å². The zero-order chi connectivity index (χ0) is 15.2. The number of para-hydroxylation sites is 1. The van der Waals surface area contributed by atoms with Crippen LogP contribution in [0.4, 0.5) is 5.69 Å². The fraction of sp³-hybridized carbons (Fsp3) is 0.333. The van der Waals surface area contributed by atoms with Crippen LogP contribution in [-0.2, 0) is 6.42 Å². The topological polar surface area (TPSA) is 38.5 Å². The minimum atomic E-state index is -0.0252. The molecule has 0 aliphatic heterocycles. The molecule has 0 heterocycles. The second-order valence-electron chi connectivity index (χ2n) is 5.34. The normalized spacial score (nSPS) is 12.0. The van der Waals surface area contributed by atoms with Crippen molar-refractivity contribution in [3.8, 4) is 5.75 Å². The van der Waals surface area contributed by atoms with Gasteiger partial charge in [0.25, 0.3) is 0 Å². The van der Waals surface area contributed by atoms with Crippen LogP contribution < -0.4 is 15.4 Å². The number of rotatable bonds is 6. The molecular formula is C18H24N2O. The van der Waals surface area contributed by atoms with E-state index in [0.717, 1.165) is 23.3 Å². The molecule has 112 valence electrons. The van der Waals surface area contributed by atoms with Crippen molar-refractivity contribution in [2.24, 2.45) is 5.73 Å². The third-order valence-electron chi connectivity index (χ3n) is 3.55. The predicted molar refractivity (Wildman–Crippen MR) is 89.0 cm³/mol. The van der Waals surface area contributed by atoms with Crippen LogP contribution in [0.3, 0.4) is 0 Å². The molecule has 0 bridgehead atoms. The van der Waals surface area contributed by atoms with E-state index in [1.54, 1.807) is 0 Å². The number of nitrogens with two attached hydrogens (primary N) is 1.